The highest BCUT2D eigenvalue weighted by Crippen LogP contribution is 2.48. The Labute approximate surface area is 299 Å². The van der Waals surface area contributed by atoms with Crippen LogP contribution in [0.2, 0.25) is 0 Å². The zero-order valence-corrected chi connectivity index (χ0v) is 30.1. The topological polar surface area (TPSA) is 135 Å². The van der Waals surface area contributed by atoms with Gasteiger partial charge in [0.25, 0.3) is 0 Å². The molecule has 2 N–H and O–H groups in total. The number of rotatable bonds is 10. The van der Waals surface area contributed by atoms with Gasteiger partial charge >= 0.3 is 6.01 Å². The van der Waals surface area contributed by atoms with E-state index in [4.69, 9.17) is 34.6 Å². The number of nitrogens with two attached hydrogens (primary N) is 1. The van der Waals surface area contributed by atoms with Crippen LogP contribution in [-0.2, 0) is 27.4 Å². The van der Waals surface area contributed by atoms with Gasteiger partial charge in [-0.05, 0) is 50.8 Å². The number of nitriles is 1. The molecule has 2 bridgehead atoms. The number of pyridine rings is 1. The summed E-state index contributed by atoms with van der Waals surface area (Å²) in [6.07, 6.45) is 4.53. The number of halogens is 2. The van der Waals surface area contributed by atoms with Gasteiger partial charge in [0.2, 0.25) is 0 Å². The highest BCUT2D eigenvalue weighted by atomic mass is 32.1. The first-order valence-electron chi connectivity index (χ1n) is 17.5. The third-order valence-corrected chi connectivity index (χ3v) is 12.2. The molecule has 0 radical (unpaired) electrons. The van der Waals surface area contributed by atoms with Crippen molar-refractivity contribution in [3.05, 3.63) is 34.5 Å². The quantitative estimate of drug-likeness (QED) is 0.225. The van der Waals surface area contributed by atoms with Gasteiger partial charge in [0, 0.05) is 76.1 Å². The van der Waals surface area contributed by atoms with Gasteiger partial charge in [0.05, 0.1) is 46.9 Å². The second-order valence-electron chi connectivity index (χ2n) is 14.1. The minimum Gasteiger partial charge on any atom is -0.459 e. The summed E-state index contributed by atoms with van der Waals surface area (Å²) in [6.45, 7) is 6.46. The van der Waals surface area contributed by atoms with Crippen LogP contribution in [0, 0.1) is 23.0 Å². The van der Waals surface area contributed by atoms with Crippen molar-refractivity contribution in [2.24, 2.45) is 0 Å². The molecule has 3 fully saturated rings. The number of thiophene rings is 1. The van der Waals surface area contributed by atoms with E-state index in [1.165, 1.54) is 0 Å². The van der Waals surface area contributed by atoms with Crippen molar-refractivity contribution in [1.29, 1.82) is 5.26 Å². The summed E-state index contributed by atoms with van der Waals surface area (Å²) < 4.78 is 56.3. The summed E-state index contributed by atoms with van der Waals surface area (Å²) in [5.74, 6) is -0.630. The average Bonchev–Trinajstić information content (AvgIpc) is 3.89. The normalized spacial score (nSPS) is 24.1. The first kappa shape index (κ1) is 34.3. The van der Waals surface area contributed by atoms with Crippen LogP contribution < -0.4 is 15.4 Å². The minimum absolute atomic E-state index is 0.0449. The van der Waals surface area contributed by atoms with E-state index in [2.05, 4.69) is 25.8 Å². The van der Waals surface area contributed by atoms with Crippen molar-refractivity contribution in [3.8, 4) is 23.3 Å². The molecule has 7 heterocycles. The maximum Gasteiger partial charge on any atom is 0.319 e. The number of fused-ring (bicyclic) bond motifs is 6. The molecule has 12 nitrogen and oxygen atoms in total. The summed E-state index contributed by atoms with van der Waals surface area (Å²) in [5, 5.41) is 10.9. The second-order valence-corrected chi connectivity index (χ2v) is 15.2. The summed E-state index contributed by atoms with van der Waals surface area (Å²) in [5.41, 5.74) is 7.93. The van der Waals surface area contributed by atoms with Crippen molar-refractivity contribution >= 4 is 43.1 Å². The van der Waals surface area contributed by atoms with E-state index < -0.39 is 11.6 Å². The first-order chi connectivity index (χ1) is 24.7. The lowest BCUT2D eigenvalue weighted by Crippen LogP contribution is -2.54. The van der Waals surface area contributed by atoms with Crippen molar-refractivity contribution in [2.45, 2.75) is 76.2 Å². The fourth-order valence-electron chi connectivity index (χ4n) is 8.76. The predicted molar refractivity (Wildman–Crippen MR) is 190 cm³/mol. The number of ether oxygens (including phenoxy) is 4. The van der Waals surface area contributed by atoms with E-state index in [1.807, 2.05) is 14.0 Å². The Hall–Kier alpha value is -3.78. The van der Waals surface area contributed by atoms with E-state index in [0.717, 1.165) is 75.0 Å². The lowest BCUT2D eigenvalue weighted by Gasteiger charge is -2.42. The zero-order valence-electron chi connectivity index (χ0n) is 29.2. The molecule has 0 aliphatic carbocycles. The lowest BCUT2D eigenvalue weighted by atomic mass is 9.93. The second kappa shape index (κ2) is 13.6. The Balaban J connectivity index is 1.30. The van der Waals surface area contributed by atoms with Gasteiger partial charge in [0.15, 0.2) is 11.6 Å². The SMILES string of the molecule is COCCCN1CC2CCC(C1)N2c1nc(OC(C)[C@@H]2C[C@@H](OC)CN2C)nc2c(F)c(-c3ncc(F)c4sc(N)c(C#N)c34)c3c(c12)COC3. The monoisotopic (exact) mass is 720 g/mol. The molecule has 1 aromatic carbocycles. The third-order valence-electron chi connectivity index (χ3n) is 11.2. The first-order valence-corrected chi connectivity index (χ1v) is 18.3. The van der Waals surface area contributed by atoms with Gasteiger partial charge in [-0.1, -0.05) is 0 Å². The van der Waals surface area contributed by atoms with E-state index in [1.54, 1.807) is 14.2 Å². The maximum atomic E-state index is 17.5. The number of methoxy groups -OCH3 is 2. The number of nitrogens with zero attached hydrogens (tertiary/aromatic N) is 7. The summed E-state index contributed by atoms with van der Waals surface area (Å²) >= 11 is 0.950. The van der Waals surface area contributed by atoms with Crippen molar-refractivity contribution in [3.63, 3.8) is 0 Å². The van der Waals surface area contributed by atoms with Crippen molar-refractivity contribution < 1.29 is 27.7 Å². The minimum atomic E-state index is -0.646. The number of piperazine rings is 1. The van der Waals surface area contributed by atoms with Gasteiger partial charge in [-0.25, -0.2) is 8.78 Å². The molecule has 3 saturated heterocycles. The van der Waals surface area contributed by atoms with Crippen LogP contribution in [0.25, 0.3) is 32.2 Å². The van der Waals surface area contributed by atoms with Crippen LogP contribution in [0.3, 0.4) is 0 Å². The number of anilines is 2. The zero-order chi connectivity index (χ0) is 35.6. The van der Waals surface area contributed by atoms with E-state index in [0.29, 0.717) is 23.4 Å². The molecule has 0 spiro atoms. The van der Waals surface area contributed by atoms with Crippen LogP contribution in [0.1, 0.15) is 49.3 Å². The van der Waals surface area contributed by atoms with E-state index >= 15 is 8.78 Å². The largest absolute Gasteiger partial charge is 0.459 e. The van der Waals surface area contributed by atoms with Crippen LogP contribution in [0.15, 0.2) is 6.20 Å². The average molecular weight is 721 g/mol. The molecule has 4 aromatic rings. The summed E-state index contributed by atoms with van der Waals surface area (Å²) in [6, 6.07) is 2.55. The number of hydrogen-bond donors (Lipinski definition) is 1. The molecule has 0 saturated carbocycles. The third kappa shape index (κ3) is 5.76. The Kier molecular flexibility index (Phi) is 9.18. The van der Waals surface area contributed by atoms with Crippen LogP contribution in [0.4, 0.5) is 19.6 Å². The van der Waals surface area contributed by atoms with Crippen LogP contribution in [-0.4, -0.2) is 109 Å². The van der Waals surface area contributed by atoms with Crippen LogP contribution in [0.5, 0.6) is 6.01 Å². The molecule has 15 heteroatoms. The predicted octanol–water partition coefficient (Wildman–Crippen LogP) is 4.84. The highest BCUT2D eigenvalue weighted by molar-refractivity contribution is 7.23. The molecule has 270 valence electrons. The Bertz CT molecular complexity index is 2030. The summed E-state index contributed by atoms with van der Waals surface area (Å²) in [7, 11) is 5.48. The molecule has 0 amide bonds. The van der Waals surface area contributed by atoms with Crippen molar-refractivity contribution in [1.82, 2.24) is 24.8 Å². The van der Waals surface area contributed by atoms with Crippen LogP contribution >= 0.6 is 11.3 Å². The fourth-order valence-corrected chi connectivity index (χ4v) is 9.68. The number of likely N-dealkylation sites (N-methyl/N-ethyl adjacent to an activating group) is 1. The molecule has 3 unspecified atom stereocenters. The van der Waals surface area contributed by atoms with Gasteiger partial charge in [-0.3, -0.25) is 14.8 Å². The molecular weight excluding hydrogens is 679 g/mol. The lowest BCUT2D eigenvalue weighted by molar-refractivity contribution is 0.106. The van der Waals surface area contributed by atoms with Gasteiger partial charge in [0.1, 0.15) is 28.5 Å². The Morgan fingerprint density at radius 2 is 1.88 bits per heavy atom. The summed E-state index contributed by atoms with van der Waals surface area (Å²) in [4.78, 5) is 21.3. The van der Waals surface area contributed by atoms with Crippen molar-refractivity contribution in [2.75, 3.05) is 64.7 Å². The Morgan fingerprint density at radius 1 is 1.12 bits per heavy atom. The van der Waals surface area contributed by atoms with E-state index in [9.17, 15) is 5.26 Å². The molecule has 4 aliphatic heterocycles. The molecule has 5 atom stereocenters. The number of likely N-dealkylation sites (tertiary alicyclic amines) is 2. The smallest absolute Gasteiger partial charge is 0.319 e. The Morgan fingerprint density at radius 3 is 2.59 bits per heavy atom. The standard InChI is InChI=1S/C36H42F2N8O4S/c1-18(26-10-21(48-4)15-44(26)2)50-36-42-32-29(35(43-36)46-19-6-7-20(46)14-45(13-19)8-5-9-47-3)24-17-49-16-23(24)27(30(32)38)31-28-22(11-39)34(40)51-33(28)25(37)12-41-31/h12,18-21,26H,5-10,13-17,40H2,1-4H3/t18?,19?,20?,21-,26+/m1/s1. The molecule has 51 heavy (non-hydrogen) atoms. The highest BCUT2D eigenvalue weighted by Gasteiger charge is 2.43. The number of nitrogen functional groups attached to an aromatic ring is 1. The number of hydrogen-bond acceptors (Lipinski definition) is 13. The molecule has 4 aliphatic rings. The molecule has 3 aromatic heterocycles. The maximum absolute atomic E-state index is 17.5. The molecular formula is C36H42F2N8O4S. The van der Waals surface area contributed by atoms with E-state index in [-0.39, 0.29) is 87.0 Å². The molecule has 8 rings (SSSR count). The fraction of sp³-hybridized carbons (Fsp3) is 0.556. The van der Waals surface area contributed by atoms with Gasteiger partial charge in [-0.15, -0.1) is 11.3 Å². The number of benzene rings is 1. The number of aromatic nitrogens is 3. The van der Waals surface area contributed by atoms with Gasteiger partial charge in [-0.2, -0.15) is 15.2 Å². The van der Waals surface area contributed by atoms with Gasteiger partial charge < -0.3 is 29.6 Å².